The van der Waals surface area contributed by atoms with E-state index in [1.807, 2.05) is 31.2 Å². The molecule has 1 heterocycles. The Bertz CT molecular complexity index is 444. The average Bonchev–Trinajstić information content (AvgIpc) is 2.41. The van der Waals surface area contributed by atoms with Crippen LogP contribution in [0.1, 0.15) is 38.2 Å². The Labute approximate surface area is 120 Å². The fraction of sp³-hybridized carbons (Fsp3) is 0.562. The molecule has 0 spiro atoms. The Hall–Kier alpha value is -1.55. The highest BCUT2D eigenvalue weighted by Gasteiger charge is 2.28. The molecule has 20 heavy (non-hydrogen) atoms. The van der Waals surface area contributed by atoms with Crippen molar-refractivity contribution < 1.29 is 9.53 Å². The molecule has 2 rings (SSSR count). The molecule has 1 aliphatic heterocycles. The first-order chi connectivity index (χ1) is 9.56. The monoisotopic (exact) mass is 276 g/mol. The summed E-state index contributed by atoms with van der Waals surface area (Å²) in [6.45, 7) is 5.06. The summed E-state index contributed by atoms with van der Waals surface area (Å²) in [6.07, 6.45) is 3.71. The number of piperidine rings is 1. The summed E-state index contributed by atoms with van der Waals surface area (Å²) < 4.78 is 5.99. The van der Waals surface area contributed by atoms with Gasteiger partial charge in [0, 0.05) is 19.0 Å². The molecule has 2 N–H and O–H groups in total. The first-order valence-corrected chi connectivity index (χ1v) is 7.33. The van der Waals surface area contributed by atoms with E-state index >= 15 is 0 Å². The molecule has 1 fully saturated rings. The normalized spacial score (nSPS) is 21.4. The second kappa shape index (κ2) is 6.75. The van der Waals surface area contributed by atoms with Gasteiger partial charge in [-0.2, -0.15) is 0 Å². The van der Waals surface area contributed by atoms with Gasteiger partial charge in [0.2, 0.25) is 5.91 Å². The van der Waals surface area contributed by atoms with E-state index in [4.69, 9.17) is 10.5 Å². The van der Waals surface area contributed by atoms with Gasteiger partial charge in [-0.05, 0) is 38.8 Å². The van der Waals surface area contributed by atoms with Gasteiger partial charge in [0.05, 0.1) is 0 Å². The van der Waals surface area contributed by atoms with Crippen LogP contribution in [0.3, 0.4) is 0 Å². The molecular weight excluding hydrogens is 252 g/mol. The first kappa shape index (κ1) is 14.9. The van der Waals surface area contributed by atoms with Crippen LogP contribution < -0.4 is 10.5 Å². The van der Waals surface area contributed by atoms with E-state index in [9.17, 15) is 4.79 Å². The first-order valence-electron chi connectivity index (χ1n) is 7.33. The van der Waals surface area contributed by atoms with E-state index in [1.165, 1.54) is 5.56 Å². The van der Waals surface area contributed by atoms with Gasteiger partial charge < -0.3 is 10.5 Å². The minimum atomic E-state index is -0.232. The number of primary amides is 1. The van der Waals surface area contributed by atoms with Crippen LogP contribution >= 0.6 is 0 Å². The van der Waals surface area contributed by atoms with Gasteiger partial charge in [0.1, 0.15) is 12.0 Å². The fourth-order valence-electron chi connectivity index (χ4n) is 2.83. The van der Waals surface area contributed by atoms with Crippen molar-refractivity contribution in [3.8, 4) is 5.75 Å². The van der Waals surface area contributed by atoms with Crippen LogP contribution in [0.25, 0.3) is 0 Å². The van der Waals surface area contributed by atoms with Crippen LogP contribution in [0.4, 0.5) is 0 Å². The molecule has 1 amide bonds. The highest BCUT2D eigenvalue weighted by Crippen LogP contribution is 2.24. The van der Waals surface area contributed by atoms with Gasteiger partial charge in [-0.15, -0.1) is 0 Å². The van der Waals surface area contributed by atoms with Crippen molar-refractivity contribution in [1.29, 1.82) is 0 Å². The number of nitrogens with two attached hydrogens (primary N) is 1. The maximum Gasteiger partial charge on any atom is 0.218 e. The minimum Gasteiger partial charge on any atom is -0.475 e. The van der Waals surface area contributed by atoms with Crippen LogP contribution in [0, 0.1) is 6.92 Å². The number of benzene rings is 1. The van der Waals surface area contributed by atoms with Crippen molar-refractivity contribution in [2.24, 2.45) is 5.73 Å². The molecule has 0 aliphatic carbocycles. The molecule has 4 nitrogen and oxygen atoms in total. The van der Waals surface area contributed by atoms with Crippen molar-refractivity contribution in [3.63, 3.8) is 0 Å². The van der Waals surface area contributed by atoms with Crippen molar-refractivity contribution >= 4 is 5.91 Å². The van der Waals surface area contributed by atoms with Crippen LogP contribution in [0.5, 0.6) is 5.75 Å². The SMILES string of the molecule is Cc1ccc(OC(C)N2CCCCC2CC(N)=O)cc1. The molecule has 1 aromatic rings. The Kier molecular flexibility index (Phi) is 5.01. The highest BCUT2D eigenvalue weighted by atomic mass is 16.5. The summed E-state index contributed by atoms with van der Waals surface area (Å²) in [7, 11) is 0. The summed E-state index contributed by atoms with van der Waals surface area (Å²) in [6, 6.07) is 8.26. The molecule has 4 heteroatoms. The zero-order valence-electron chi connectivity index (χ0n) is 12.3. The van der Waals surface area contributed by atoms with Gasteiger partial charge in [-0.3, -0.25) is 9.69 Å². The molecule has 0 saturated carbocycles. The number of nitrogens with zero attached hydrogens (tertiary/aromatic N) is 1. The van der Waals surface area contributed by atoms with Gasteiger partial charge in [0.15, 0.2) is 0 Å². The Balaban J connectivity index is 1.99. The number of rotatable bonds is 5. The lowest BCUT2D eigenvalue weighted by Gasteiger charge is -2.39. The minimum absolute atomic E-state index is 0.0395. The largest absolute Gasteiger partial charge is 0.475 e. The molecular formula is C16H24N2O2. The van der Waals surface area contributed by atoms with Gasteiger partial charge >= 0.3 is 0 Å². The molecule has 2 atom stereocenters. The standard InChI is InChI=1S/C16H24N2O2/c1-12-6-8-15(9-7-12)20-13(2)18-10-4-3-5-14(18)11-16(17)19/h6-9,13-14H,3-5,10-11H2,1-2H3,(H2,17,19). The molecule has 0 radical (unpaired) electrons. The predicted octanol–water partition coefficient (Wildman–Crippen LogP) is 2.45. The number of carbonyl (C=O) groups excluding carboxylic acids is 1. The third-order valence-corrected chi connectivity index (χ3v) is 3.90. The van der Waals surface area contributed by atoms with E-state index in [-0.39, 0.29) is 18.2 Å². The van der Waals surface area contributed by atoms with E-state index in [1.54, 1.807) is 0 Å². The van der Waals surface area contributed by atoms with Crippen LogP contribution in [-0.4, -0.2) is 29.6 Å². The van der Waals surface area contributed by atoms with E-state index in [0.717, 1.165) is 31.6 Å². The number of aryl methyl sites for hydroxylation is 1. The maximum absolute atomic E-state index is 11.2. The van der Waals surface area contributed by atoms with Crippen molar-refractivity contribution in [2.75, 3.05) is 6.54 Å². The van der Waals surface area contributed by atoms with Crippen molar-refractivity contribution in [2.45, 2.75) is 51.8 Å². The van der Waals surface area contributed by atoms with E-state index in [2.05, 4.69) is 11.8 Å². The second-order valence-corrected chi connectivity index (χ2v) is 5.59. The summed E-state index contributed by atoms with van der Waals surface area (Å²) in [5.74, 6) is 0.635. The third kappa shape index (κ3) is 3.97. The number of hydrogen-bond acceptors (Lipinski definition) is 3. The molecule has 0 bridgehead atoms. The smallest absolute Gasteiger partial charge is 0.218 e. The second-order valence-electron chi connectivity index (χ2n) is 5.59. The van der Waals surface area contributed by atoms with Gasteiger partial charge in [-0.25, -0.2) is 0 Å². The molecule has 0 aromatic heterocycles. The maximum atomic E-state index is 11.2. The summed E-state index contributed by atoms with van der Waals surface area (Å²) in [4.78, 5) is 13.4. The molecule has 1 aromatic carbocycles. The van der Waals surface area contributed by atoms with Crippen LogP contribution in [-0.2, 0) is 4.79 Å². The van der Waals surface area contributed by atoms with E-state index < -0.39 is 0 Å². The average molecular weight is 276 g/mol. The Morgan fingerprint density at radius 3 is 2.75 bits per heavy atom. The van der Waals surface area contributed by atoms with E-state index in [0.29, 0.717) is 6.42 Å². The molecule has 1 saturated heterocycles. The number of ether oxygens (including phenoxy) is 1. The zero-order valence-corrected chi connectivity index (χ0v) is 12.3. The number of hydrogen-bond donors (Lipinski definition) is 1. The van der Waals surface area contributed by atoms with Crippen LogP contribution in [0.2, 0.25) is 0 Å². The van der Waals surface area contributed by atoms with Crippen LogP contribution in [0.15, 0.2) is 24.3 Å². The summed E-state index contributed by atoms with van der Waals surface area (Å²) in [5, 5.41) is 0. The van der Waals surface area contributed by atoms with Gasteiger partial charge in [0.25, 0.3) is 0 Å². The topological polar surface area (TPSA) is 55.6 Å². The lowest BCUT2D eigenvalue weighted by atomic mass is 9.99. The number of carbonyl (C=O) groups is 1. The summed E-state index contributed by atoms with van der Waals surface area (Å²) in [5.41, 5.74) is 6.57. The fourth-order valence-corrected chi connectivity index (χ4v) is 2.83. The Morgan fingerprint density at radius 1 is 1.40 bits per heavy atom. The third-order valence-electron chi connectivity index (χ3n) is 3.90. The van der Waals surface area contributed by atoms with Crippen molar-refractivity contribution in [3.05, 3.63) is 29.8 Å². The van der Waals surface area contributed by atoms with Crippen molar-refractivity contribution in [1.82, 2.24) is 4.90 Å². The Morgan fingerprint density at radius 2 is 2.10 bits per heavy atom. The molecule has 1 aliphatic rings. The number of likely N-dealkylation sites (tertiary alicyclic amines) is 1. The lowest BCUT2D eigenvalue weighted by Crippen LogP contribution is -2.48. The predicted molar refractivity (Wildman–Crippen MR) is 79.4 cm³/mol. The van der Waals surface area contributed by atoms with Gasteiger partial charge in [-0.1, -0.05) is 24.1 Å². The summed E-state index contributed by atoms with van der Waals surface area (Å²) >= 11 is 0. The lowest BCUT2D eigenvalue weighted by molar-refractivity contribution is -0.120. The molecule has 2 unspecified atom stereocenters. The zero-order chi connectivity index (χ0) is 14.5. The quantitative estimate of drug-likeness (QED) is 0.898. The number of amides is 1. The molecule has 110 valence electrons. The highest BCUT2D eigenvalue weighted by molar-refractivity contribution is 5.74.